The standard InChI is InChI=1S/C15H15BrN2OS/c1-9-3-5-13(10(2)7-9)20-14-6-4-11(8-12(14)16)15(17)18-19/h3-8,19H,1-2H3,(H2,17,18). The summed E-state index contributed by atoms with van der Waals surface area (Å²) in [5.74, 6) is 0.105. The molecule has 104 valence electrons. The molecule has 0 radical (unpaired) electrons. The van der Waals surface area contributed by atoms with Gasteiger partial charge in [-0.2, -0.15) is 0 Å². The molecule has 0 unspecified atom stereocenters. The van der Waals surface area contributed by atoms with Crippen LogP contribution in [0, 0.1) is 13.8 Å². The number of nitrogens with two attached hydrogens (primary N) is 1. The molecule has 0 aliphatic heterocycles. The van der Waals surface area contributed by atoms with E-state index >= 15 is 0 Å². The summed E-state index contributed by atoms with van der Waals surface area (Å²) in [5, 5.41) is 11.7. The number of aryl methyl sites for hydroxylation is 2. The highest BCUT2D eigenvalue weighted by Crippen LogP contribution is 2.35. The van der Waals surface area contributed by atoms with E-state index in [9.17, 15) is 0 Å². The van der Waals surface area contributed by atoms with Crippen LogP contribution in [0.2, 0.25) is 0 Å². The Balaban J connectivity index is 2.30. The van der Waals surface area contributed by atoms with Crippen molar-refractivity contribution in [1.29, 1.82) is 0 Å². The Morgan fingerprint density at radius 1 is 1.15 bits per heavy atom. The summed E-state index contributed by atoms with van der Waals surface area (Å²) in [5.41, 5.74) is 8.77. The SMILES string of the molecule is Cc1ccc(Sc2ccc(/C(N)=N/O)cc2Br)c(C)c1. The minimum atomic E-state index is 0.105. The number of benzene rings is 2. The summed E-state index contributed by atoms with van der Waals surface area (Å²) in [4.78, 5) is 2.30. The zero-order chi connectivity index (χ0) is 14.7. The predicted octanol–water partition coefficient (Wildman–Crippen LogP) is 4.31. The van der Waals surface area contributed by atoms with Gasteiger partial charge in [-0.05, 0) is 59.6 Å². The molecule has 0 heterocycles. The van der Waals surface area contributed by atoms with Crippen LogP contribution in [-0.4, -0.2) is 11.0 Å². The van der Waals surface area contributed by atoms with Crippen molar-refractivity contribution < 1.29 is 5.21 Å². The van der Waals surface area contributed by atoms with Crippen molar-refractivity contribution in [2.75, 3.05) is 0 Å². The smallest absolute Gasteiger partial charge is 0.170 e. The zero-order valence-electron chi connectivity index (χ0n) is 11.2. The molecule has 0 fully saturated rings. The van der Waals surface area contributed by atoms with Crippen LogP contribution in [0.5, 0.6) is 0 Å². The Labute approximate surface area is 131 Å². The monoisotopic (exact) mass is 350 g/mol. The molecule has 0 saturated heterocycles. The van der Waals surface area contributed by atoms with Crippen LogP contribution in [0.4, 0.5) is 0 Å². The van der Waals surface area contributed by atoms with Gasteiger partial charge in [0.15, 0.2) is 5.84 Å². The van der Waals surface area contributed by atoms with Crippen molar-refractivity contribution >= 4 is 33.5 Å². The first-order valence-electron chi connectivity index (χ1n) is 6.04. The fourth-order valence-corrected chi connectivity index (χ4v) is 3.34. The molecule has 2 aromatic rings. The third kappa shape index (κ3) is 3.35. The molecule has 3 nitrogen and oxygen atoms in total. The summed E-state index contributed by atoms with van der Waals surface area (Å²) in [6, 6.07) is 12.0. The highest BCUT2D eigenvalue weighted by atomic mass is 79.9. The first-order chi connectivity index (χ1) is 9.51. The van der Waals surface area contributed by atoms with Gasteiger partial charge in [0.2, 0.25) is 0 Å². The van der Waals surface area contributed by atoms with E-state index in [4.69, 9.17) is 10.9 Å². The number of nitrogens with zero attached hydrogens (tertiary/aromatic N) is 1. The third-order valence-corrected chi connectivity index (χ3v) is 5.06. The second kappa shape index (κ2) is 6.33. The first kappa shape index (κ1) is 14.9. The largest absolute Gasteiger partial charge is 0.409 e. The minimum Gasteiger partial charge on any atom is -0.409 e. The van der Waals surface area contributed by atoms with Crippen molar-refractivity contribution in [2.45, 2.75) is 23.6 Å². The molecule has 20 heavy (non-hydrogen) atoms. The Morgan fingerprint density at radius 2 is 1.85 bits per heavy atom. The van der Waals surface area contributed by atoms with Crippen LogP contribution in [0.25, 0.3) is 0 Å². The quantitative estimate of drug-likeness (QED) is 0.375. The van der Waals surface area contributed by atoms with E-state index in [1.54, 1.807) is 11.8 Å². The predicted molar refractivity (Wildman–Crippen MR) is 86.7 cm³/mol. The highest BCUT2D eigenvalue weighted by Gasteiger charge is 2.08. The number of halogens is 1. The molecular weight excluding hydrogens is 336 g/mol. The average Bonchev–Trinajstić information content (AvgIpc) is 2.42. The van der Waals surface area contributed by atoms with E-state index < -0.39 is 0 Å². The molecule has 5 heteroatoms. The van der Waals surface area contributed by atoms with E-state index in [1.165, 1.54) is 16.0 Å². The van der Waals surface area contributed by atoms with Crippen LogP contribution in [0.1, 0.15) is 16.7 Å². The number of amidine groups is 1. The molecule has 0 atom stereocenters. The lowest BCUT2D eigenvalue weighted by atomic mass is 10.2. The molecule has 0 aromatic heterocycles. The Kier molecular flexibility index (Phi) is 4.73. The Morgan fingerprint density at radius 3 is 2.45 bits per heavy atom. The molecule has 0 aliphatic rings. The lowest BCUT2D eigenvalue weighted by Gasteiger charge is -2.09. The molecule has 0 saturated carbocycles. The molecule has 2 rings (SSSR count). The van der Waals surface area contributed by atoms with E-state index in [0.29, 0.717) is 5.56 Å². The van der Waals surface area contributed by atoms with Gasteiger partial charge in [0.25, 0.3) is 0 Å². The first-order valence-corrected chi connectivity index (χ1v) is 7.65. The molecule has 0 aliphatic carbocycles. The van der Waals surface area contributed by atoms with Crippen molar-refractivity contribution in [3.8, 4) is 0 Å². The van der Waals surface area contributed by atoms with Crippen molar-refractivity contribution in [3.05, 3.63) is 57.6 Å². The van der Waals surface area contributed by atoms with Gasteiger partial charge in [-0.15, -0.1) is 0 Å². The fourth-order valence-electron chi connectivity index (χ4n) is 1.83. The van der Waals surface area contributed by atoms with E-state index in [2.05, 4.69) is 53.1 Å². The zero-order valence-corrected chi connectivity index (χ0v) is 13.6. The van der Waals surface area contributed by atoms with Gasteiger partial charge in [0.05, 0.1) is 0 Å². The Bertz CT molecular complexity index is 671. The number of hydrogen-bond donors (Lipinski definition) is 2. The minimum absolute atomic E-state index is 0.105. The maximum absolute atomic E-state index is 8.69. The van der Waals surface area contributed by atoms with Crippen LogP contribution in [0.3, 0.4) is 0 Å². The van der Waals surface area contributed by atoms with E-state index in [-0.39, 0.29) is 5.84 Å². The number of hydrogen-bond acceptors (Lipinski definition) is 3. The van der Waals surface area contributed by atoms with Gasteiger partial charge < -0.3 is 10.9 Å². The second-order valence-corrected chi connectivity index (χ2v) is 6.44. The van der Waals surface area contributed by atoms with Gasteiger partial charge in [0.1, 0.15) is 0 Å². The number of oxime groups is 1. The van der Waals surface area contributed by atoms with E-state index in [1.807, 2.05) is 18.2 Å². The highest BCUT2D eigenvalue weighted by molar-refractivity contribution is 9.10. The third-order valence-electron chi connectivity index (χ3n) is 2.89. The van der Waals surface area contributed by atoms with Gasteiger partial charge >= 0.3 is 0 Å². The molecular formula is C15H15BrN2OS. The van der Waals surface area contributed by atoms with Crippen LogP contribution >= 0.6 is 27.7 Å². The molecule has 3 N–H and O–H groups in total. The van der Waals surface area contributed by atoms with Crippen molar-refractivity contribution in [1.82, 2.24) is 0 Å². The maximum atomic E-state index is 8.69. The van der Waals surface area contributed by atoms with Crippen LogP contribution in [0.15, 0.2) is 55.8 Å². The summed E-state index contributed by atoms with van der Waals surface area (Å²) in [6.45, 7) is 4.19. The lowest BCUT2D eigenvalue weighted by Crippen LogP contribution is -2.12. The Hall–Kier alpha value is -1.46. The molecule has 0 amide bonds. The van der Waals surface area contributed by atoms with Gasteiger partial charge in [0, 0.05) is 19.8 Å². The van der Waals surface area contributed by atoms with Crippen molar-refractivity contribution in [2.24, 2.45) is 10.9 Å². The molecule has 0 spiro atoms. The van der Waals surface area contributed by atoms with Crippen LogP contribution in [-0.2, 0) is 0 Å². The van der Waals surface area contributed by atoms with Gasteiger partial charge in [-0.1, -0.05) is 34.6 Å². The topological polar surface area (TPSA) is 58.6 Å². The summed E-state index contributed by atoms with van der Waals surface area (Å²) < 4.78 is 0.923. The van der Waals surface area contributed by atoms with Gasteiger partial charge in [-0.3, -0.25) is 0 Å². The normalized spacial score (nSPS) is 11.7. The van der Waals surface area contributed by atoms with Crippen LogP contribution < -0.4 is 5.73 Å². The summed E-state index contributed by atoms with van der Waals surface area (Å²) in [6.07, 6.45) is 0. The van der Waals surface area contributed by atoms with E-state index in [0.717, 1.165) is 9.37 Å². The fraction of sp³-hybridized carbons (Fsp3) is 0.133. The van der Waals surface area contributed by atoms with Gasteiger partial charge in [-0.25, -0.2) is 0 Å². The van der Waals surface area contributed by atoms with Crippen molar-refractivity contribution in [3.63, 3.8) is 0 Å². The average molecular weight is 351 g/mol. The molecule has 0 bridgehead atoms. The second-order valence-electron chi connectivity index (χ2n) is 4.50. The number of rotatable bonds is 3. The lowest BCUT2D eigenvalue weighted by molar-refractivity contribution is 0.318. The summed E-state index contributed by atoms with van der Waals surface area (Å²) in [7, 11) is 0. The maximum Gasteiger partial charge on any atom is 0.170 e. The summed E-state index contributed by atoms with van der Waals surface area (Å²) >= 11 is 5.22. The molecule has 2 aromatic carbocycles.